The molecule has 0 atom stereocenters. The van der Waals surface area contributed by atoms with Crippen molar-refractivity contribution < 1.29 is 19.1 Å². The number of carbonyl (C=O) groups excluding carboxylic acids is 3. The number of halogens is 1. The molecule has 0 radical (unpaired) electrons. The van der Waals surface area contributed by atoms with Gasteiger partial charge in [-0.1, -0.05) is 42.5 Å². The highest BCUT2D eigenvalue weighted by atomic mass is 79.9. The van der Waals surface area contributed by atoms with Crippen molar-refractivity contribution in [2.75, 3.05) is 16.8 Å². The average molecular weight is 550 g/mol. The van der Waals surface area contributed by atoms with E-state index in [2.05, 4.69) is 26.6 Å². The van der Waals surface area contributed by atoms with Crippen LogP contribution in [0, 0.1) is 6.92 Å². The Morgan fingerprint density at radius 1 is 1.09 bits per heavy atom. The molecule has 3 aromatic carbocycles. The van der Waals surface area contributed by atoms with E-state index in [1.54, 1.807) is 42.5 Å². The maximum Gasteiger partial charge on any atom is 0.270 e. The molecule has 0 aromatic heterocycles. The third-order valence-corrected chi connectivity index (χ3v) is 6.07. The van der Waals surface area contributed by atoms with Gasteiger partial charge < -0.3 is 10.1 Å². The average Bonchev–Trinajstić information content (AvgIpc) is 2.83. The van der Waals surface area contributed by atoms with Gasteiger partial charge in [0.1, 0.15) is 11.3 Å². The summed E-state index contributed by atoms with van der Waals surface area (Å²) in [5.41, 5.74) is 2.77. The summed E-state index contributed by atoms with van der Waals surface area (Å²) >= 11 is 8.63. The van der Waals surface area contributed by atoms with Crippen molar-refractivity contribution in [1.29, 1.82) is 0 Å². The minimum Gasteiger partial charge on any atom is -0.483 e. The lowest BCUT2D eigenvalue weighted by molar-refractivity contribution is -0.122. The number of ether oxygens (including phenoxy) is 1. The van der Waals surface area contributed by atoms with Crippen molar-refractivity contribution in [2.24, 2.45) is 0 Å². The predicted octanol–water partition coefficient (Wildman–Crippen LogP) is 4.61. The molecule has 1 heterocycles. The summed E-state index contributed by atoms with van der Waals surface area (Å²) in [5, 5.41) is 5.40. The van der Waals surface area contributed by atoms with Crippen molar-refractivity contribution in [2.45, 2.75) is 6.92 Å². The Morgan fingerprint density at radius 3 is 2.51 bits per heavy atom. The molecule has 1 fully saturated rings. The van der Waals surface area contributed by atoms with Crippen LogP contribution in [0.3, 0.4) is 0 Å². The summed E-state index contributed by atoms with van der Waals surface area (Å²) in [6.07, 6.45) is 1.48. The largest absolute Gasteiger partial charge is 0.483 e. The van der Waals surface area contributed by atoms with Crippen molar-refractivity contribution in [1.82, 2.24) is 5.32 Å². The van der Waals surface area contributed by atoms with E-state index in [0.29, 0.717) is 21.5 Å². The van der Waals surface area contributed by atoms with Crippen molar-refractivity contribution in [3.8, 4) is 5.75 Å². The summed E-state index contributed by atoms with van der Waals surface area (Å²) in [4.78, 5) is 39.1. The first-order valence-corrected chi connectivity index (χ1v) is 11.8. The van der Waals surface area contributed by atoms with Crippen LogP contribution >= 0.6 is 28.1 Å². The third-order valence-electron chi connectivity index (χ3n) is 5.16. The molecule has 176 valence electrons. The maximum atomic E-state index is 13.1. The zero-order valence-electron chi connectivity index (χ0n) is 18.6. The summed E-state index contributed by atoms with van der Waals surface area (Å²) < 4.78 is 6.20. The lowest BCUT2D eigenvalue weighted by Gasteiger charge is -2.28. The Morgan fingerprint density at radius 2 is 1.80 bits per heavy atom. The van der Waals surface area contributed by atoms with E-state index in [1.165, 1.54) is 11.0 Å². The van der Waals surface area contributed by atoms with Crippen LogP contribution in [0.2, 0.25) is 0 Å². The van der Waals surface area contributed by atoms with E-state index in [-0.39, 0.29) is 23.2 Å². The second kappa shape index (κ2) is 10.6. The smallest absolute Gasteiger partial charge is 0.270 e. The summed E-state index contributed by atoms with van der Waals surface area (Å²) in [7, 11) is 0. The van der Waals surface area contributed by atoms with E-state index in [9.17, 15) is 14.4 Å². The van der Waals surface area contributed by atoms with Crippen LogP contribution in [0.4, 0.5) is 11.4 Å². The molecule has 0 bridgehead atoms. The van der Waals surface area contributed by atoms with Crippen molar-refractivity contribution in [3.05, 3.63) is 94.0 Å². The number of carbonyl (C=O) groups is 3. The van der Waals surface area contributed by atoms with Gasteiger partial charge in [-0.25, -0.2) is 0 Å². The Balaban J connectivity index is 1.47. The monoisotopic (exact) mass is 549 g/mol. The van der Waals surface area contributed by atoms with Gasteiger partial charge in [0.2, 0.25) is 0 Å². The van der Waals surface area contributed by atoms with Gasteiger partial charge >= 0.3 is 0 Å². The zero-order chi connectivity index (χ0) is 24.9. The fourth-order valence-electron chi connectivity index (χ4n) is 3.40. The van der Waals surface area contributed by atoms with Crippen molar-refractivity contribution >= 4 is 68.4 Å². The number of amides is 3. The molecule has 1 saturated heterocycles. The number of thiocarbonyl (C=S) groups is 1. The lowest BCUT2D eigenvalue weighted by atomic mass is 10.1. The Hall–Kier alpha value is -3.82. The fraction of sp³-hybridized carbons (Fsp3) is 0.0769. The first-order valence-electron chi connectivity index (χ1n) is 10.6. The highest BCUT2D eigenvalue weighted by Crippen LogP contribution is 2.28. The Labute approximate surface area is 215 Å². The van der Waals surface area contributed by atoms with Crippen LogP contribution in [0.5, 0.6) is 5.75 Å². The number of aryl methyl sites for hydroxylation is 1. The number of hydrogen-bond acceptors (Lipinski definition) is 5. The number of rotatable bonds is 6. The number of nitrogens with one attached hydrogen (secondary N) is 2. The van der Waals surface area contributed by atoms with Gasteiger partial charge in [-0.15, -0.1) is 0 Å². The van der Waals surface area contributed by atoms with Crippen LogP contribution in [-0.4, -0.2) is 29.4 Å². The number of para-hydroxylation sites is 2. The molecule has 0 unspecified atom stereocenters. The van der Waals surface area contributed by atoms with Gasteiger partial charge in [0, 0.05) is 5.69 Å². The van der Waals surface area contributed by atoms with Gasteiger partial charge in [0.25, 0.3) is 17.7 Å². The molecule has 0 saturated carbocycles. The molecule has 3 amide bonds. The molecule has 1 aliphatic rings. The second-order valence-electron chi connectivity index (χ2n) is 7.64. The molecule has 4 rings (SSSR count). The van der Waals surface area contributed by atoms with Gasteiger partial charge in [0.05, 0.1) is 10.2 Å². The maximum absolute atomic E-state index is 13.1. The summed E-state index contributed by atoms with van der Waals surface area (Å²) in [6, 6.07) is 21.4. The second-order valence-corrected chi connectivity index (χ2v) is 8.88. The quantitative estimate of drug-likeness (QED) is 0.266. The van der Waals surface area contributed by atoms with Gasteiger partial charge in [-0.05, 0) is 82.6 Å². The lowest BCUT2D eigenvalue weighted by Crippen LogP contribution is -2.54. The Bertz CT molecular complexity index is 1360. The summed E-state index contributed by atoms with van der Waals surface area (Å²) in [6.45, 7) is 1.72. The van der Waals surface area contributed by atoms with E-state index < -0.39 is 11.8 Å². The van der Waals surface area contributed by atoms with Crippen molar-refractivity contribution in [3.63, 3.8) is 0 Å². The van der Waals surface area contributed by atoms with Crippen LogP contribution in [-0.2, 0) is 14.4 Å². The van der Waals surface area contributed by atoms with Crippen LogP contribution in [0.15, 0.2) is 82.8 Å². The highest BCUT2D eigenvalue weighted by Gasteiger charge is 2.34. The SMILES string of the molecule is Cc1ccccc1NC(=O)COc1ccc(/C=C2/C(=O)NC(=S)N(c3ccccc3)C2=O)cc1Br. The van der Waals surface area contributed by atoms with Gasteiger partial charge in [-0.2, -0.15) is 0 Å². The molecule has 0 spiro atoms. The zero-order valence-corrected chi connectivity index (χ0v) is 21.0. The summed E-state index contributed by atoms with van der Waals surface area (Å²) in [5.74, 6) is -0.941. The van der Waals surface area contributed by atoms with Gasteiger partial charge in [0.15, 0.2) is 11.7 Å². The molecule has 1 aliphatic heterocycles. The number of benzene rings is 3. The normalized spacial score (nSPS) is 14.6. The fourth-order valence-corrected chi connectivity index (χ4v) is 4.19. The standard InChI is InChI=1S/C26H20BrN3O4S/c1-16-7-5-6-10-21(16)28-23(31)15-34-22-12-11-17(14-20(22)27)13-19-24(32)29-26(35)30(25(19)33)18-8-3-2-4-9-18/h2-14H,15H2,1H3,(H,28,31)(H,29,32,35)/b19-13-. The van der Waals surface area contributed by atoms with Gasteiger partial charge in [-0.3, -0.25) is 24.6 Å². The predicted molar refractivity (Wildman–Crippen MR) is 142 cm³/mol. The molecule has 2 N–H and O–H groups in total. The molecular weight excluding hydrogens is 530 g/mol. The Kier molecular flexibility index (Phi) is 7.38. The van der Waals surface area contributed by atoms with E-state index in [4.69, 9.17) is 17.0 Å². The molecule has 35 heavy (non-hydrogen) atoms. The first kappa shape index (κ1) is 24.3. The van der Waals surface area contributed by atoms with Crippen LogP contribution < -0.4 is 20.3 Å². The molecule has 0 aliphatic carbocycles. The number of anilines is 2. The van der Waals surface area contributed by atoms with E-state index in [1.807, 2.05) is 37.3 Å². The highest BCUT2D eigenvalue weighted by molar-refractivity contribution is 9.10. The van der Waals surface area contributed by atoms with E-state index >= 15 is 0 Å². The molecule has 7 nitrogen and oxygen atoms in total. The first-order chi connectivity index (χ1) is 16.8. The molecular formula is C26H20BrN3O4S. The van der Waals surface area contributed by atoms with E-state index in [0.717, 1.165) is 11.3 Å². The minimum absolute atomic E-state index is 0.0252. The number of nitrogens with zero attached hydrogens (tertiary/aromatic N) is 1. The molecule has 3 aromatic rings. The third kappa shape index (κ3) is 5.64. The minimum atomic E-state index is -0.573. The topological polar surface area (TPSA) is 87.7 Å². The van der Waals surface area contributed by atoms with Crippen LogP contribution in [0.1, 0.15) is 11.1 Å². The number of hydrogen-bond donors (Lipinski definition) is 2. The van der Waals surface area contributed by atoms with Crippen LogP contribution in [0.25, 0.3) is 6.08 Å². The molecule has 9 heteroatoms.